The standard InChI is InChI=1S/C17H16N6O/c1-18-14-12-11(10-6-4-3-5-7-10)13-15(19-2)21-9-23-17(13)24-16(12)22-8-20-14/h3-9,11H,1-2H3,(H,18,20,22)(H,19,21,23). The molecule has 0 bridgehead atoms. The minimum absolute atomic E-state index is 0.128. The van der Waals surface area contributed by atoms with Crippen LogP contribution in [0.15, 0.2) is 43.0 Å². The largest absolute Gasteiger partial charge is 0.420 e. The molecule has 0 spiro atoms. The van der Waals surface area contributed by atoms with Crippen LogP contribution in [-0.2, 0) is 0 Å². The smallest absolute Gasteiger partial charge is 0.230 e. The molecule has 0 fully saturated rings. The number of ether oxygens (including phenoxy) is 1. The number of nitrogens with one attached hydrogen (secondary N) is 2. The highest BCUT2D eigenvalue weighted by atomic mass is 16.5. The zero-order chi connectivity index (χ0) is 16.5. The summed E-state index contributed by atoms with van der Waals surface area (Å²) in [5, 5.41) is 6.26. The summed E-state index contributed by atoms with van der Waals surface area (Å²) in [5.74, 6) is 2.35. The molecular formula is C17H16N6O. The van der Waals surface area contributed by atoms with Gasteiger partial charge in [-0.15, -0.1) is 0 Å². The van der Waals surface area contributed by atoms with E-state index in [2.05, 4.69) is 42.7 Å². The minimum Gasteiger partial charge on any atom is -0.420 e. The van der Waals surface area contributed by atoms with Crippen molar-refractivity contribution in [1.29, 1.82) is 0 Å². The highest BCUT2D eigenvalue weighted by molar-refractivity contribution is 5.67. The quantitative estimate of drug-likeness (QED) is 0.600. The summed E-state index contributed by atoms with van der Waals surface area (Å²) in [6.45, 7) is 0. The molecule has 1 aliphatic heterocycles. The van der Waals surface area contributed by atoms with E-state index in [1.54, 1.807) is 0 Å². The molecule has 4 rings (SSSR count). The van der Waals surface area contributed by atoms with Gasteiger partial charge in [0, 0.05) is 14.1 Å². The Kier molecular flexibility index (Phi) is 3.45. The van der Waals surface area contributed by atoms with E-state index in [-0.39, 0.29) is 5.92 Å². The molecule has 7 heteroatoms. The molecule has 0 atom stereocenters. The van der Waals surface area contributed by atoms with Gasteiger partial charge in [0.25, 0.3) is 0 Å². The summed E-state index contributed by atoms with van der Waals surface area (Å²) in [4.78, 5) is 17.3. The van der Waals surface area contributed by atoms with Gasteiger partial charge in [-0.3, -0.25) is 0 Å². The molecule has 0 radical (unpaired) electrons. The molecule has 7 nitrogen and oxygen atoms in total. The predicted molar refractivity (Wildman–Crippen MR) is 90.6 cm³/mol. The van der Waals surface area contributed by atoms with E-state index in [4.69, 9.17) is 4.74 Å². The summed E-state index contributed by atoms with van der Waals surface area (Å²) < 4.78 is 5.93. The SMILES string of the molecule is CNc1ncnc2c1C(c1ccccc1)c1c(NC)ncnc1O2. The Labute approximate surface area is 139 Å². The zero-order valence-corrected chi connectivity index (χ0v) is 13.3. The van der Waals surface area contributed by atoms with Gasteiger partial charge < -0.3 is 15.4 Å². The van der Waals surface area contributed by atoms with E-state index in [0.29, 0.717) is 11.8 Å². The van der Waals surface area contributed by atoms with Crippen LogP contribution in [0.2, 0.25) is 0 Å². The third kappa shape index (κ3) is 2.13. The van der Waals surface area contributed by atoms with Crippen molar-refractivity contribution >= 4 is 11.6 Å². The molecule has 2 N–H and O–H groups in total. The van der Waals surface area contributed by atoms with Gasteiger partial charge >= 0.3 is 0 Å². The van der Waals surface area contributed by atoms with Crippen molar-refractivity contribution in [3.63, 3.8) is 0 Å². The van der Waals surface area contributed by atoms with Gasteiger partial charge in [0.05, 0.1) is 17.0 Å². The normalized spacial score (nSPS) is 12.8. The lowest BCUT2D eigenvalue weighted by Gasteiger charge is -2.29. The van der Waals surface area contributed by atoms with Crippen LogP contribution in [0.3, 0.4) is 0 Å². The minimum atomic E-state index is -0.128. The van der Waals surface area contributed by atoms with Crippen LogP contribution in [0.25, 0.3) is 0 Å². The fraction of sp³-hybridized carbons (Fsp3) is 0.176. The molecule has 2 aromatic heterocycles. The van der Waals surface area contributed by atoms with E-state index >= 15 is 0 Å². The summed E-state index contributed by atoms with van der Waals surface area (Å²) in [7, 11) is 3.67. The average molecular weight is 320 g/mol. The van der Waals surface area contributed by atoms with Gasteiger partial charge in [0.15, 0.2) is 0 Å². The molecular weight excluding hydrogens is 304 g/mol. The molecule has 1 aliphatic rings. The fourth-order valence-electron chi connectivity index (χ4n) is 3.06. The Hall–Kier alpha value is -3.22. The van der Waals surface area contributed by atoms with E-state index in [1.807, 2.05) is 32.3 Å². The lowest BCUT2D eigenvalue weighted by Crippen LogP contribution is -2.18. The predicted octanol–water partition coefficient (Wildman–Crippen LogP) is 2.64. The van der Waals surface area contributed by atoms with Crippen molar-refractivity contribution < 1.29 is 4.74 Å². The Balaban J connectivity index is 2.04. The number of anilines is 2. The van der Waals surface area contributed by atoms with Crippen LogP contribution in [-0.4, -0.2) is 34.0 Å². The Bertz CT molecular complexity index is 830. The summed E-state index contributed by atoms with van der Waals surface area (Å²) >= 11 is 0. The molecule has 24 heavy (non-hydrogen) atoms. The monoisotopic (exact) mass is 320 g/mol. The van der Waals surface area contributed by atoms with Crippen LogP contribution in [0.4, 0.5) is 11.6 Å². The van der Waals surface area contributed by atoms with Crippen LogP contribution >= 0.6 is 0 Å². The Morgan fingerprint density at radius 3 is 1.83 bits per heavy atom. The Morgan fingerprint density at radius 1 is 0.792 bits per heavy atom. The molecule has 1 aromatic carbocycles. The molecule has 3 aromatic rings. The molecule has 0 saturated heterocycles. The van der Waals surface area contributed by atoms with Crippen molar-refractivity contribution in [2.24, 2.45) is 0 Å². The lowest BCUT2D eigenvalue weighted by atomic mass is 9.84. The van der Waals surface area contributed by atoms with Gasteiger partial charge in [0.2, 0.25) is 11.8 Å². The molecule has 0 unspecified atom stereocenters. The highest BCUT2D eigenvalue weighted by Gasteiger charge is 2.35. The van der Waals surface area contributed by atoms with E-state index in [1.165, 1.54) is 12.7 Å². The summed E-state index contributed by atoms with van der Waals surface area (Å²) in [5.41, 5.74) is 2.86. The number of hydrogen-bond donors (Lipinski definition) is 2. The van der Waals surface area contributed by atoms with Crippen molar-refractivity contribution in [2.45, 2.75) is 5.92 Å². The van der Waals surface area contributed by atoms with Crippen LogP contribution in [0.1, 0.15) is 22.6 Å². The van der Waals surface area contributed by atoms with Crippen LogP contribution < -0.4 is 15.4 Å². The first-order valence-corrected chi connectivity index (χ1v) is 7.61. The fourth-order valence-corrected chi connectivity index (χ4v) is 3.06. The third-order valence-corrected chi connectivity index (χ3v) is 4.07. The second-order valence-corrected chi connectivity index (χ2v) is 5.33. The molecule has 3 heterocycles. The van der Waals surface area contributed by atoms with Crippen molar-refractivity contribution in [2.75, 3.05) is 24.7 Å². The maximum atomic E-state index is 5.93. The number of hydrogen-bond acceptors (Lipinski definition) is 7. The molecule has 0 aliphatic carbocycles. The van der Waals surface area contributed by atoms with Gasteiger partial charge in [0.1, 0.15) is 24.3 Å². The second kappa shape index (κ2) is 5.77. The zero-order valence-electron chi connectivity index (χ0n) is 13.3. The Morgan fingerprint density at radius 2 is 1.33 bits per heavy atom. The van der Waals surface area contributed by atoms with Gasteiger partial charge in [-0.2, -0.15) is 0 Å². The van der Waals surface area contributed by atoms with Crippen LogP contribution in [0, 0.1) is 0 Å². The average Bonchev–Trinajstić information content (AvgIpc) is 2.65. The van der Waals surface area contributed by atoms with Crippen LogP contribution in [0.5, 0.6) is 11.8 Å². The topological polar surface area (TPSA) is 84.9 Å². The maximum Gasteiger partial charge on any atom is 0.230 e. The maximum absolute atomic E-state index is 5.93. The van der Waals surface area contributed by atoms with Crippen molar-refractivity contribution in [3.8, 4) is 11.8 Å². The van der Waals surface area contributed by atoms with Gasteiger partial charge in [-0.25, -0.2) is 19.9 Å². The number of nitrogens with zero attached hydrogens (tertiary/aromatic N) is 4. The first-order chi connectivity index (χ1) is 11.8. The van der Waals surface area contributed by atoms with E-state index in [0.717, 1.165) is 28.3 Å². The van der Waals surface area contributed by atoms with E-state index < -0.39 is 0 Å². The number of rotatable bonds is 3. The first-order valence-electron chi connectivity index (χ1n) is 7.61. The van der Waals surface area contributed by atoms with Crippen molar-refractivity contribution in [3.05, 3.63) is 59.7 Å². The van der Waals surface area contributed by atoms with Crippen molar-refractivity contribution in [1.82, 2.24) is 19.9 Å². The lowest BCUT2D eigenvalue weighted by molar-refractivity contribution is 0.414. The number of fused-ring (bicyclic) bond motifs is 2. The summed E-state index contributed by atoms with van der Waals surface area (Å²) in [6, 6.07) is 10.2. The molecule has 120 valence electrons. The second-order valence-electron chi connectivity index (χ2n) is 5.33. The van der Waals surface area contributed by atoms with Gasteiger partial charge in [-0.1, -0.05) is 30.3 Å². The first kappa shape index (κ1) is 14.4. The third-order valence-electron chi connectivity index (χ3n) is 4.07. The highest BCUT2D eigenvalue weighted by Crippen LogP contribution is 2.49. The molecule has 0 amide bonds. The number of benzene rings is 1. The molecule has 0 saturated carbocycles. The summed E-state index contributed by atoms with van der Waals surface area (Å²) in [6.07, 6.45) is 2.97. The van der Waals surface area contributed by atoms with E-state index in [9.17, 15) is 0 Å². The number of aromatic nitrogens is 4. The van der Waals surface area contributed by atoms with Gasteiger partial charge in [-0.05, 0) is 5.56 Å².